The van der Waals surface area contributed by atoms with E-state index in [0.29, 0.717) is 12.6 Å². The Kier molecular flexibility index (Phi) is 2.89. The molecule has 0 radical (unpaired) electrons. The molecule has 1 fully saturated rings. The molecule has 2 rings (SSSR count). The molecule has 1 saturated heterocycles. The second-order valence-corrected chi connectivity index (χ2v) is 4.06. The van der Waals surface area contributed by atoms with Crippen LogP contribution in [0.4, 0.5) is 0 Å². The van der Waals surface area contributed by atoms with Gasteiger partial charge in [0.25, 0.3) is 0 Å². The smallest absolute Gasteiger partial charge is 0.0587 e. The van der Waals surface area contributed by atoms with Crippen molar-refractivity contribution in [2.45, 2.75) is 25.4 Å². The second-order valence-electron chi connectivity index (χ2n) is 4.06. The van der Waals surface area contributed by atoms with Crippen LogP contribution in [-0.2, 0) is 13.6 Å². The van der Waals surface area contributed by atoms with Crippen molar-refractivity contribution in [1.29, 1.82) is 0 Å². The van der Waals surface area contributed by atoms with Crippen molar-refractivity contribution in [1.82, 2.24) is 9.47 Å². The van der Waals surface area contributed by atoms with Gasteiger partial charge in [-0.3, -0.25) is 4.90 Å². The summed E-state index contributed by atoms with van der Waals surface area (Å²) in [6.07, 6.45) is 4.43. The molecule has 1 aliphatic heterocycles. The molecule has 3 heteroatoms. The van der Waals surface area contributed by atoms with Crippen LogP contribution in [0.1, 0.15) is 18.5 Å². The fraction of sp³-hybridized carbons (Fsp3) is 0.636. The summed E-state index contributed by atoms with van der Waals surface area (Å²) in [7, 11) is 2.07. The molecular weight excluding hydrogens is 176 g/mol. The third-order valence-electron chi connectivity index (χ3n) is 3.13. The van der Waals surface area contributed by atoms with E-state index in [0.717, 1.165) is 19.5 Å². The largest absolute Gasteiger partial charge is 0.395 e. The maximum absolute atomic E-state index is 9.19. The zero-order chi connectivity index (χ0) is 9.97. The van der Waals surface area contributed by atoms with Crippen LogP contribution in [0.3, 0.4) is 0 Å². The molecule has 1 N–H and O–H groups in total. The molecule has 78 valence electrons. The molecular formula is C11H18N2O. The van der Waals surface area contributed by atoms with Crippen LogP contribution in [0.25, 0.3) is 0 Å². The SMILES string of the molecule is Cn1cccc1CN1CCC[C@H]1CO. The Hall–Kier alpha value is -0.800. The van der Waals surface area contributed by atoms with Crippen molar-refractivity contribution < 1.29 is 5.11 Å². The first kappa shape index (κ1) is 9.74. The van der Waals surface area contributed by atoms with Gasteiger partial charge in [0.1, 0.15) is 0 Å². The van der Waals surface area contributed by atoms with Crippen molar-refractivity contribution in [3.63, 3.8) is 0 Å². The van der Waals surface area contributed by atoms with Crippen LogP contribution in [0, 0.1) is 0 Å². The first-order valence-electron chi connectivity index (χ1n) is 5.26. The number of rotatable bonds is 3. The normalized spacial score (nSPS) is 23.1. The van der Waals surface area contributed by atoms with Gasteiger partial charge in [-0.25, -0.2) is 0 Å². The molecule has 0 bridgehead atoms. The number of aliphatic hydroxyl groups excluding tert-OH is 1. The van der Waals surface area contributed by atoms with Crippen LogP contribution >= 0.6 is 0 Å². The second kappa shape index (κ2) is 4.15. The molecule has 0 unspecified atom stereocenters. The van der Waals surface area contributed by atoms with Gasteiger partial charge in [-0.05, 0) is 31.5 Å². The van der Waals surface area contributed by atoms with E-state index in [2.05, 4.69) is 34.8 Å². The molecule has 1 aromatic heterocycles. The van der Waals surface area contributed by atoms with Gasteiger partial charge in [-0.1, -0.05) is 0 Å². The number of aliphatic hydroxyl groups is 1. The maximum atomic E-state index is 9.19. The summed E-state index contributed by atoms with van der Waals surface area (Å²) >= 11 is 0. The Morgan fingerprint density at radius 2 is 2.43 bits per heavy atom. The minimum absolute atomic E-state index is 0.296. The summed E-state index contributed by atoms with van der Waals surface area (Å²) in [5, 5.41) is 9.19. The van der Waals surface area contributed by atoms with Gasteiger partial charge in [0.15, 0.2) is 0 Å². The molecule has 0 saturated carbocycles. The van der Waals surface area contributed by atoms with E-state index in [-0.39, 0.29) is 0 Å². The van der Waals surface area contributed by atoms with Gasteiger partial charge in [-0.2, -0.15) is 0 Å². The lowest BCUT2D eigenvalue weighted by atomic mass is 10.2. The highest BCUT2D eigenvalue weighted by atomic mass is 16.3. The summed E-state index contributed by atoms with van der Waals surface area (Å²) in [6, 6.07) is 4.59. The highest BCUT2D eigenvalue weighted by Crippen LogP contribution is 2.19. The summed E-state index contributed by atoms with van der Waals surface area (Å²) in [5.74, 6) is 0. The molecule has 3 nitrogen and oxygen atoms in total. The van der Waals surface area contributed by atoms with Crippen molar-refractivity contribution in [3.05, 3.63) is 24.0 Å². The summed E-state index contributed by atoms with van der Waals surface area (Å²) in [6.45, 7) is 2.38. The minimum atomic E-state index is 0.296. The Balaban J connectivity index is 2.00. The monoisotopic (exact) mass is 194 g/mol. The molecule has 1 aliphatic rings. The fourth-order valence-corrected chi connectivity index (χ4v) is 2.18. The molecule has 1 aromatic rings. The van der Waals surface area contributed by atoms with E-state index in [1.165, 1.54) is 12.1 Å². The predicted molar refractivity (Wildman–Crippen MR) is 55.9 cm³/mol. The number of hydrogen-bond acceptors (Lipinski definition) is 2. The van der Waals surface area contributed by atoms with Gasteiger partial charge in [-0.15, -0.1) is 0 Å². The first-order chi connectivity index (χ1) is 6.81. The Labute approximate surface area is 85.0 Å². The van der Waals surface area contributed by atoms with E-state index in [1.807, 2.05) is 0 Å². The number of likely N-dealkylation sites (tertiary alicyclic amines) is 1. The molecule has 2 heterocycles. The molecule has 0 amide bonds. The van der Waals surface area contributed by atoms with Crippen molar-refractivity contribution >= 4 is 0 Å². The van der Waals surface area contributed by atoms with Crippen LogP contribution in [-0.4, -0.2) is 33.8 Å². The number of aromatic nitrogens is 1. The van der Waals surface area contributed by atoms with E-state index < -0.39 is 0 Å². The number of aryl methyl sites for hydroxylation is 1. The van der Waals surface area contributed by atoms with Crippen molar-refractivity contribution in [2.24, 2.45) is 7.05 Å². The summed E-state index contributed by atoms with van der Waals surface area (Å²) in [4.78, 5) is 2.37. The van der Waals surface area contributed by atoms with E-state index in [9.17, 15) is 5.11 Å². The third-order valence-corrected chi connectivity index (χ3v) is 3.13. The molecule has 0 spiro atoms. The average Bonchev–Trinajstić information content (AvgIpc) is 2.77. The Bertz CT molecular complexity index is 295. The van der Waals surface area contributed by atoms with Gasteiger partial charge in [0.05, 0.1) is 6.61 Å². The van der Waals surface area contributed by atoms with Crippen molar-refractivity contribution in [2.75, 3.05) is 13.2 Å². The highest BCUT2D eigenvalue weighted by molar-refractivity contribution is 5.06. The van der Waals surface area contributed by atoms with E-state index >= 15 is 0 Å². The molecule has 0 aromatic carbocycles. The van der Waals surface area contributed by atoms with E-state index in [4.69, 9.17) is 0 Å². The van der Waals surface area contributed by atoms with E-state index in [1.54, 1.807) is 0 Å². The maximum Gasteiger partial charge on any atom is 0.0587 e. The van der Waals surface area contributed by atoms with Gasteiger partial charge in [0.2, 0.25) is 0 Å². The summed E-state index contributed by atoms with van der Waals surface area (Å²) < 4.78 is 2.15. The van der Waals surface area contributed by atoms with Gasteiger partial charge >= 0.3 is 0 Å². The zero-order valence-corrected chi connectivity index (χ0v) is 8.69. The lowest BCUT2D eigenvalue weighted by Crippen LogP contribution is -2.32. The third kappa shape index (κ3) is 1.83. The van der Waals surface area contributed by atoms with Crippen LogP contribution in [0.2, 0.25) is 0 Å². The Morgan fingerprint density at radius 1 is 1.57 bits per heavy atom. The molecule has 1 atom stereocenters. The standard InChI is InChI=1S/C11H18N2O/c1-12-6-2-4-10(12)8-13-7-3-5-11(13)9-14/h2,4,6,11,14H,3,5,7-9H2,1H3/t11-/m0/s1. The number of nitrogens with zero attached hydrogens (tertiary/aromatic N) is 2. The quantitative estimate of drug-likeness (QED) is 0.777. The highest BCUT2D eigenvalue weighted by Gasteiger charge is 2.23. The number of hydrogen-bond donors (Lipinski definition) is 1. The minimum Gasteiger partial charge on any atom is -0.395 e. The Morgan fingerprint density at radius 3 is 3.07 bits per heavy atom. The summed E-state index contributed by atoms with van der Waals surface area (Å²) in [5.41, 5.74) is 1.32. The average molecular weight is 194 g/mol. The van der Waals surface area contributed by atoms with Crippen LogP contribution in [0.5, 0.6) is 0 Å². The molecule has 14 heavy (non-hydrogen) atoms. The van der Waals surface area contributed by atoms with Gasteiger partial charge < -0.3 is 9.67 Å². The lowest BCUT2D eigenvalue weighted by Gasteiger charge is -2.22. The fourth-order valence-electron chi connectivity index (χ4n) is 2.18. The van der Waals surface area contributed by atoms with Gasteiger partial charge in [0, 0.05) is 31.5 Å². The predicted octanol–water partition coefficient (Wildman–Crippen LogP) is 0.982. The lowest BCUT2D eigenvalue weighted by molar-refractivity contribution is 0.151. The van der Waals surface area contributed by atoms with Crippen LogP contribution in [0.15, 0.2) is 18.3 Å². The zero-order valence-electron chi connectivity index (χ0n) is 8.69. The van der Waals surface area contributed by atoms with Crippen molar-refractivity contribution in [3.8, 4) is 0 Å². The van der Waals surface area contributed by atoms with Crippen LogP contribution < -0.4 is 0 Å². The molecule has 0 aliphatic carbocycles. The first-order valence-corrected chi connectivity index (χ1v) is 5.26. The topological polar surface area (TPSA) is 28.4 Å².